The Balaban J connectivity index is 2.22. The number of nitrogens with one attached hydrogen (secondary N) is 1. The molecule has 2 N–H and O–H groups in total. The fourth-order valence-electron chi connectivity index (χ4n) is 3.21. The molecular weight excluding hydrogens is 364 g/mol. The first-order valence-electron chi connectivity index (χ1n) is 9.09. The molecule has 1 heterocycles. The molecule has 0 saturated heterocycles. The van der Waals surface area contributed by atoms with E-state index in [4.69, 9.17) is 5.11 Å². The van der Waals surface area contributed by atoms with E-state index in [9.17, 15) is 14.4 Å². The molecule has 1 fully saturated rings. The SMILES string of the molecule is CC(C)(C)C#Cc1cc(N(C=O)C2CCCC(NC(=O)O)CC2)c(C=O)s1. The highest BCUT2D eigenvalue weighted by atomic mass is 32.1. The van der Waals surface area contributed by atoms with Gasteiger partial charge < -0.3 is 15.3 Å². The summed E-state index contributed by atoms with van der Waals surface area (Å²) in [4.78, 5) is 37.1. The number of hydrogen-bond donors (Lipinski definition) is 2. The first-order valence-corrected chi connectivity index (χ1v) is 9.90. The van der Waals surface area contributed by atoms with E-state index >= 15 is 0 Å². The van der Waals surface area contributed by atoms with Crippen LogP contribution in [0.2, 0.25) is 0 Å². The Labute approximate surface area is 163 Å². The maximum Gasteiger partial charge on any atom is 0.404 e. The predicted octanol–water partition coefficient (Wildman–Crippen LogP) is 3.89. The van der Waals surface area contributed by atoms with Gasteiger partial charge in [0, 0.05) is 17.5 Å². The lowest BCUT2D eigenvalue weighted by Gasteiger charge is -2.27. The average molecular weight is 391 g/mol. The minimum Gasteiger partial charge on any atom is -0.465 e. The number of rotatable bonds is 5. The number of carbonyl (C=O) groups excluding carboxylic acids is 2. The lowest BCUT2D eigenvalue weighted by molar-refractivity contribution is -0.107. The number of nitrogens with zero attached hydrogens (tertiary/aromatic N) is 1. The average Bonchev–Trinajstić information content (AvgIpc) is 2.86. The molecule has 0 aromatic carbocycles. The number of anilines is 1. The minimum absolute atomic E-state index is 0.0557. The standard InChI is InChI=1S/C20H26N2O4S/c1-20(2,3)10-9-16-11-17(18(12-23)27-16)22(13-24)15-6-4-5-14(7-8-15)21-19(25)26/h11-15,21H,4-8H2,1-3H3,(H,25,26). The molecule has 1 aromatic rings. The highest BCUT2D eigenvalue weighted by molar-refractivity contribution is 7.14. The van der Waals surface area contributed by atoms with Crippen molar-refractivity contribution in [3.05, 3.63) is 15.8 Å². The van der Waals surface area contributed by atoms with Crippen LogP contribution in [0.3, 0.4) is 0 Å². The lowest BCUT2D eigenvalue weighted by Crippen LogP contribution is -2.36. The van der Waals surface area contributed by atoms with Crippen LogP contribution in [0.4, 0.5) is 10.5 Å². The third-order valence-electron chi connectivity index (χ3n) is 4.46. The summed E-state index contributed by atoms with van der Waals surface area (Å²) in [6, 6.07) is 1.65. The van der Waals surface area contributed by atoms with Gasteiger partial charge in [-0.15, -0.1) is 11.3 Å². The van der Waals surface area contributed by atoms with E-state index in [0.29, 0.717) is 23.4 Å². The van der Waals surface area contributed by atoms with Gasteiger partial charge in [0.25, 0.3) is 0 Å². The molecule has 1 saturated carbocycles. The van der Waals surface area contributed by atoms with Crippen molar-refractivity contribution in [2.45, 2.75) is 65.0 Å². The number of thiophene rings is 1. The van der Waals surface area contributed by atoms with Gasteiger partial charge in [-0.3, -0.25) is 9.59 Å². The van der Waals surface area contributed by atoms with Gasteiger partial charge in [-0.2, -0.15) is 0 Å². The van der Waals surface area contributed by atoms with Gasteiger partial charge in [0.2, 0.25) is 6.41 Å². The second-order valence-corrected chi connectivity index (χ2v) is 8.88. The minimum atomic E-state index is -1.02. The number of amides is 2. The highest BCUT2D eigenvalue weighted by Crippen LogP contribution is 2.33. The Morgan fingerprint density at radius 1 is 1.30 bits per heavy atom. The van der Waals surface area contributed by atoms with Crippen molar-refractivity contribution in [1.82, 2.24) is 5.32 Å². The van der Waals surface area contributed by atoms with Crippen LogP contribution in [0.25, 0.3) is 0 Å². The first kappa shape index (κ1) is 21.0. The number of aldehydes is 1. The van der Waals surface area contributed by atoms with E-state index in [1.807, 2.05) is 20.8 Å². The van der Waals surface area contributed by atoms with Crippen molar-refractivity contribution in [1.29, 1.82) is 0 Å². The Morgan fingerprint density at radius 2 is 2.04 bits per heavy atom. The van der Waals surface area contributed by atoms with Crippen molar-refractivity contribution >= 4 is 35.8 Å². The normalized spacial score (nSPS) is 20.0. The van der Waals surface area contributed by atoms with Crippen LogP contribution in [0.1, 0.15) is 67.4 Å². The van der Waals surface area contributed by atoms with E-state index in [2.05, 4.69) is 17.2 Å². The fourth-order valence-corrected chi connectivity index (χ4v) is 4.04. The maximum atomic E-state index is 11.8. The number of carbonyl (C=O) groups is 3. The zero-order valence-electron chi connectivity index (χ0n) is 15.9. The molecule has 1 aliphatic carbocycles. The van der Waals surface area contributed by atoms with Crippen LogP contribution < -0.4 is 10.2 Å². The van der Waals surface area contributed by atoms with Gasteiger partial charge in [0.1, 0.15) is 0 Å². The second kappa shape index (κ2) is 9.05. The molecular formula is C20H26N2O4S. The van der Waals surface area contributed by atoms with Gasteiger partial charge in [-0.05, 0) is 58.9 Å². The molecule has 27 heavy (non-hydrogen) atoms. The summed E-state index contributed by atoms with van der Waals surface area (Å²) in [5.41, 5.74) is 0.446. The quantitative estimate of drug-likeness (QED) is 0.454. The number of carboxylic acid groups (broad SMARTS) is 1. The van der Waals surface area contributed by atoms with E-state index in [-0.39, 0.29) is 17.5 Å². The maximum absolute atomic E-state index is 11.8. The Kier molecular flexibility index (Phi) is 7.03. The Morgan fingerprint density at radius 3 is 2.63 bits per heavy atom. The van der Waals surface area contributed by atoms with Crippen LogP contribution in [-0.2, 0) is 4.79 Å². The van der Waals surface area contributed by atoms with Crippen LogP contribution in [0, 0.1) is 17.3 Å². The van der Waals surface area contributed by atoms with Gasteiger partial charge in [-0.25, -0.2) is 4.79 Å². The molecule has 7 heteroatoms. The predicted molar refractivity (Wildman–Crippen MR) is 106 cm³/mol. The van der Waals surface area contributed by atoms with Crippen molar-refractivity contribution in [3.63, 3.8) is 0 Å². The van der Waals surface area contributed by atoms with Crippen LogP contribution in [0.15, 0.2) is 6.07 Å². The van der Waals surface area contributed by atoms with Crippen LogP contribution >= 0.6 is 11.3 Å². The summed E-state index contributed by atoms with van der Waals surface area (Å²) >= 11 is 1.29. The van der Waals surface area contributed by atoms with Crippen LogP contribution in [0.5, 0.6) is 0 Å². The lowest BCUT2D eigenvalue weighted by atomic mass is 9.98. The van der Waals surface area contributed by atoms with E-state index in [1.54, 1.807) is 11.0 Å². The monoisotopic (exact) mass is 390 g/mol. The fraction of sp³-hybridized carbons (Fsp3) is 0.550. The smallest absolute Gasteiger partial charge is 0.404 e. The summed E-state index contributed by atoms with van der Waals surface area (Å²) in [5, 5.41) is 11.4. The molecule has 6 nitrogen and oxygen atoms in total. The van der Waals surface area contributed by atoms with E-state index < -0.39 is 6.09 Å². The molecule has 2 rings (SSSR count). The molecule has 0 aliphatic heterocycles. The topological polar surface area (TPSA) is 86.7 Å². The molecule has 146 valence electrons. The van der Waals surface area contributed by atoms with Gasteiger partial charge >= 0.3 is 6.09 Å². The summed E-state index contributed by atoms with van der Waals surface area (Å²) in [5.74, 6) is 6.24. The zero-order valence-corrected chi connectivity index (χ0v) is 16.8. The van der Waals surface area contributed by atoms with Crippen molar-refractivity contribution in [3.8, 4) is 11.8 Å². The highest BCUT2D eigenvalue weighted by Gasteiger charge is 2.27. The summed E-state index contributed by atoms with van der Waals surface area (Å²) in [6.45, 7) is 6.04. The number of hydrogen-bond acceptors (Lipinski definition) is 4. The molecule has 0 spiro atoms. The summed E-state index contributed by atoms with van der Waals surface area (Å²) in [6.07, 6.45) is 4.20. The molecule has 2 unspecified atom stereocenters. The molecule has 1 aliphatic rings. The molecule has 2 atom stereocenters. The zero-order chi connectivity index (χ0) is 20.0. The van der Waals surface area contributed by atoms with Crippen molar-refractivity contribution in [2.24, 2.45) is 5.41 Å². The third kappa shape index (κ3) is 6.10. The summed E-state index contributed by atoms with van der Waals surface area (Å²) in [7, 11) is 0. The van der Waals surface area contributed by atoms with E-state index in [0.717, 1.165) is 36.8 Å². The van der Waals surface area contributed by atoms with E-state index in [1.165, 1.54) is 11.3 Å². The Bertz CT molecular complexity index is 754. The molecule has 0 bridgehead atoms. The molecule has 0 radical (unpaired) electrons. The van der Waals surface area contributed by atoms with Gasteiger partial charge in [0.15, 0.2) is 6.29 Å². The van der Waals surface area contributed by atoms with Gasteiger partial charge in [0.05, 0.1) is 15.4 Å². The molecule has 1 aromatic heterocycles. The molecule has 2 amide bonds. The van der Waals surface area contributed by atoms with Crippen molar-refractivity contribution in [2.75, 3.05) is 4.90 Å². The largest absolute Gasteiger partial charge is 0.465 e. The second-order valence-electron chi connectivity index (χ2n) is 7.80. The third-order valence-corrected chi connectivity index (χ3v) is 5.42. The van der Waals surface area contributed by atoms with Crippen molar-refractivity contribution < 1.29 is 19.5 Å². The first-order chi connectivity index (χ1) is 12.7. The summed E-state index contributed by atoms with van der Waals surface area (Å²) < 4.78 is 0. The Hall–Kier alpha value is -2.33. The van der Waals surface area contributed by atoms with Gasteiger partial charge in [-0.1, -0.05) is 11.8 Å². The van der Waals surface area contributed by atoms with Crippen LogP contribution in [-0.4, -0.2) is 36.0 Å².